The number of aryl methyl sites for hydroxylation is 3. The van der Waals surface area contributed by atoms with Gasteiger partial charge in [-0.15, -0.1) is 0 Å². The van der Waals surface area contributed by atoms with Crippen LogP contribution in [0.25, 0.3) is 0 Å². The molecule has 1 heterocycles. The number of hydrogen-bond donors (Lipinski definition) is 2. The monoisotopic (exact) mass is 272 g/mol. The van der Waals surface area contributed by atoms with Crippen molar-refractivity contribution in [3.8, 4) is 5.75 Å². The van der Waals surface area contributed by atoms with Crippen molar-refractivity contribution in [3.63, 3.8) is 0 Å². The molecule has 0 aliphatic heterocycles. The van der Waals surface area contributed by atoms with E-state index in [9.17, 15) is 0 Å². The number of hydrogen-bond acceptors (Lipinski definition) is 5. The summed E-state index contributed by atoms with van der Waals surface area (Å²) in [6.45, 7) is 5.88. The molecular weight excluding hydrogens is 252 g/mol. The largest absolute Gasteiger partial charge is 0.496 e. The van der Waals surface area contributed by atoms with E-state index >= 15 is 0 Å². The number of nitrogens with zero attached hydrogens (tertiary/aromatic N) is 2. The van der Waals surface area contributed by atoms with E-state index in [-0.39, 0.29) is 6.04 Å². The molecule has 0 saturated heterocycles. The molecule has 20 heavy (non-hydrogen) atoms. The molecular formula is C15H20N4O. The van der Waals surface area contributed by atoms with Crippen molar-refractivity contribution in [2.45, 2.75) is 26.8 Å². The number of ether oxygens (including phenoxy) is 1. The van der Waals surface area contributed by atoms with Crippen LogP contribution >= 0.6 is 0 Å². The Morgan fingerprint density at radius 2 is 1.85 bits per heavy atom. The van der Waals surface area contributed by atoms with Crippen molar-refractivity contribution >= 4 is 0 Å². The maximum absolute atomic E-state index is 5.78. The highest BCUT2D eigenvalue weighted by Gasteiger charge is 2.20. The molecule has 1 aromatic carbocycles. The van der Waals surface area contributed by atoms with E-state index in [1.54, 1.807) is 7.11 Å². The van der Waals surface area contributed by atoms with Crippen LogP contribution in [-0.2, 0) is 0 Å². The van der Waals surface area contributed by atoms with Gasteiger partial charge in [0, 0.05) is 5.56 Å². The Labute approximate surface area is 119 Å². The molecule has 5 nitrogen and oxygen atoms in total. The molecule has 0 amide bonds. The predicted octanol–water partition coefficient (Wildman–Crippen LogP) is 1.96. The van der Waals surface area contributed by atoms with E-state index in [1.807, 2.05) is 39.0 Å². The van der Waals surface area contributed by atoms with Crippen LogP contribution in [0.5, 0.6) is 5.75 Å². The van der Waals surface area contributed by atoms with Gasteiger partial charge in [-0.2, -0.15) is 10.2 Å². The molecule has 0 bridgehead atoms. The van der Waals surface area contributed by atoms with Gasteiger partial charge in [-0.05, 0) is 38.5 Å². The summed E-state index contributed by atoms with van der Waals surface area (Å²) >= 11 is 0. The molecule has 0 radical (unpaired) electrons. The van der Waals surface area contributed by atoms with Crippen LogP contribution in [0.4, 0.5) is 0 Å². The number of rotatable bonds is 4. The van der Waals surface area contributed by atoms with Gasteiger partial charge in [0.05, 0.1) is 24.5 Å². The lowest BCUT2D eigenvalue weighted by molar-refractivity contribution is 0.404. The minimum atomic E-state index is -0.181. The SMILES string of the molecule is COc1ccc(C)cc1C(NN)c1cc(C)nnc1C. The molecule has 0 saturated carbocycles. The fraction of sp³-hybridized carbons (Fsp3) is 0.333. The Hall–Kier alpha value is -1.98. The highest BCUT2D eigenvalue weighted by molar-refractivity contribution is 5.44. The predicted molar refractivity (Wildman–Crippen MR) is 78.4 cm³/mol. The van der Waals surface area contributed by atoms with Gasteiger partial charge in [0.25, 0.3) is 0 Å². The number of nitrogens with two attached hydrogens (primary N) is 1. The minimum absolute atomic E-state index is 0.181. The lowest BCUT2D eigenvalue weighted by atomic mass is 9.96. The van der Waals surface area contributed by atoms with Gasteiger partial charge >= 0.3 is 0 Å². The second-order valence-electron chi connectivity index (χ2n) is 4.87. The van der Waals surface area contributed by atoms with Gasteiger partial charge < -0.3 is 4.74 Å². The van der Waals surface area contributed by atoms with Crippen molar-refractivity contribution in [1.29, 1.82) is 0 Å². The summed E-state index contributed by atoms with van der Waals surface area (Å²) in [6.07, 6.45) is 0. The van der Waals surface area contributed by atoms with Crippen LogP contribution in [0.2, 0.25) is 0 Å². The van der Waals surface area contributed by atoms with Gasteiger partial charge in [0.2, 0.25) is 0 Å². The smallest absolute Gasteiger partial charge is 0.124 e. The average molecular weight is 272 g/mol. The highest BCUT2D eigenvalue weighted by atomic mass is 16.5. The standard InChI is InChI=1S/C15H20N4O/c1-9-5-6-14(20-4)13(7-9)15(17-16)12-8-10(2)18-19-11(12)3/h5-8,15,17H,16H2,1-4H3. The molecule has 2 aromatic rings. The van der Waals surface area contributed by atoms with E-state index in [1.165, 1.54) is 0 Å². The maximum Gasteiger partial charge on any atom is 0.124 e. The maximum atomic E-state index is 5.78. The van der Waals surface area contributed by atoms with Gasteiger partial charge in [-0.25, -0.2) is 5.43 Å². The van der Waals surface area contributed by atoms with E-state index in [0.29, 0.717) is 0 Å². The van der Waals surface area contributed by atoms with Crippen LogP contribution in [-0.4, -0.2) is 17.3 Å². The number of aromatic nitrogens is 2. The third-order valence-corrected chi connectivity index (χ3v) is 3.31. The molecule has 1 atom stereocenters. The van der Waals surface area contributed by atoms with Crippen LogP contribution in [0.15, 0.2) is 24.3 Å². The quantitative estimate of drug-likeness (QED) is 0.657. The zero-order valence-electron chi connectivity index (χ0n) is 12.3. The van der Waals surface area contributed by atoms with Crippen molar-refractivity contribution in [2.75, 3.05) is 7.11 Å². The molecule has 0 aliphatic rings. The molecule has 1 aromatic heterocycles. The third-order valence-electron chi connectivity index (χ3n) is 3.31. The van der Waals surface area contributed by atoms with Gasteiger partial charge in [-0.1, -0.05) is 17.7 Å². The number of methoxy groups -OCH3 is 1. The third kappa shape index (κ3) is 2.79. The highest BCUT2D eigenvalue weighted by Crippen LogP contribution is 2.31. The number of nitrogens with one attached hydrogen (secondary N) is 1. The molecule has 0 spiro atoms. The van der Waals surface area contributed by atoms with Crippen LogP contribution in [0.1, 0.15) is 34.1 Å². The zero-order chi connectivity index (χ0) is 14.7. The zero-order valence-corrected chi connectivity index (χ0v) is 12.3. The van der Waals surface area contributed by atoms with Crippen molar-refractivity contribution in [3.05, 3.63) is 52.3 Å². The first-order chi connectivity index (χ1) is 9.56. The van der Waals surface area contributed by atoms with Gasteiger partial charge in [0.15, 0.2) is 0 Å². The summed E-state index contributed by atoms with van der Waals surface area (Å²) in [5.74, 6) is 6.57. The Morgan fingerprint density at radius 1 is 1.10 bits per heavy atom. The number of hydrazine groups is 1. The lowest BCUT2D eigenvalue weighted by Crippen LogP contribution is -2.30. The summed E-state index contributed by atoms with van der Waals surface area (Å²) < 4.78 is 5.44. The average Bonchev–Trinajstić information content (AvgIpc) is 2.44. The Bertz CT molecular complexity index is 613. The lowest BCUT2D eigenvalue weighted by Gasteiger charge is -2.21. The number of benzene rings is 1. The first kappa shape index (κ1) is 14.4. The molecule has 106 valence electrons. The van der Waals surface area contributed by atoms with E-state index in [4.69, 9.17) is 10.6 Å². The van der Waals surface area contributed by atoms with Crippen molar-refractivity contribution in [2.24, 2.45) is 5.84 Å². The summed E-state index contributed by atoms with van der Waals surface area (Å²) in [5.41, 5.74) is 7.71. The fourth-order valence-electron chi connectivity index (χ4n) is 2.29. The molecule has 0 aliphatic carbocycles. The van der Waals surface area contributed by atoms with Gasteiger partial charge in [0.1, 0.15) is 5.75 Å². The molecule has 1 unspecified atom stereocenters. The fourth-order valence-corrected chi connectivity index (χ4v) is 2.29. The van der Waals surface area contributed by atoms with E-state index in [2.05, 4.69) is 21.7 Å². The molecule has 0 fully saturated rings. The Kier molecular flexibility index (Phi) is 4.32. The summed E-state index contributed by atoms with van der Waals surface area (Å²) in [5, 5.41) is 8.22. The molecule has 5 heteroatoms. The minimum Gasteiger partial charge on any atom is -0.496 e. The summed E-state index contributed by atoms with van der Waals surface area (Å²) in [4.78, 5) is 0. The van der Waals surface area contributed by atoms with Crippen molar-refractivity contribution in [1.82, 2.24) is 15.6 Å². The van der Waals surface area contributed by atoms with Crippen LogP contribution < -0.4 is 16.0 Å². The second kappa shape index (κ2) is 5.98. The molecule has 2 rings (SSSR count). The normalized spacial score (nSPS) is 12.2. The topological polar surface area (TPSA) is 73.1 Å². The summed E-state index contributed by atoms with van der Waals surface area (Å²) in [6, 6.07) is 7.84. The Balaban J connectivity index is 2.57. The van der Waals surface area contributed by atoms with Crippen LogP contribution in [0.3, 0.4) is 0 Å². The molecule has 3 N–H and O–H groups in total. The summed E-state index contributed by atoms with van der Waals surface area (Å²) in [7, 11) is 1.66. The van der Waals surface area contributed by atoms with E-state index < -0.39 is 0 Å². The van der Waals surface area contributed by atoms with Crippen molar-refractivity contribution < 1.29 is 4.74 Å². The first-order valence-electron chi connectivity index (χ1n) is 6.48. The van der Waals surface area contributed by atoms with Crippen LogP contribution in [0, 0.1) is 20.8 Å². The second-order valence-corrected chi connectivity index (χ2v) is 4.87. The van der Waals surface area contributed by atoms with Gasteiger partial charge in [-0.3, -0.25) is 5.84 Å². The van der Waals surface area contributed by atoms with E-state index in [0.717, 1.165) is 33.8 Å². The Morgan fingerprint density at radius 3 is 2.50 bits per heavy atom. The first-order valence-corrected chi connectivity index (χ1v) is 6.48.